The van der Waals surface area contributed by atoms with Crippen LogP contribution in [0.5, 0.6) is 0 Å². The van der Waals surface area contributed by atoms with Crippen LogP contribution in [0.1, 0.15) is 10.6 Å². The summed E-state index contributed by atoms with van der Waals surface area (Å²) < 4.78 is 5.26. The van der Waals surface area contributed by atoms with Crippen molar-refractivity contribution in [3.63, 3.8) is 0 Å². The molecule has 0 atom stereocenters. The Balaban J connectivity index is 1.43. The van der Waals surface area contributed by atoms with Crippen molar-refractivity contribution < 1.29 is 9.21 Å². The summed E-state index contributed by atoms with van der Waals surface area (Å²) in [6.45, 7) is 2.50. The van der Waals surface area contributed by atoms with E-state index in [1.54, 1.807) is 29.4 Å². The van der Waals surface area contributed by atoms with Gasteiger partial charge in [0, 0.05) is 60.8 Å². The Kier molecular flexibility index (Phi) is 5.56. The van der Waals surface area contributed by atoms with E-state index >= 15 is 0 Å². The van der Waals surface area contributed by atoms with Crippen molar-refractivity contribution >= 4 is 23.3 Å². The maximum absolute atomic E-state index is 12.6. The molecule has 32 heavy (non-hydrogen) atoms. The molecule has 0 bridgehead atoms. The van der Waals surface area contributed by atoms with Crippen LogP contribution in [0.2, 0.25) is 5.02 Å². The summed E-state index contributed by atoms with van der Waals surface area (Å²) in [6.07, 6.45) is 5.00. The highest BCUT2D eigenvalue weighted by Gasteiger charge is 2.25. The third-order valence-corrected chi connectivity index (χ3v) is 5.65. The number of rotatable bonds is 4. The molecule has 7 nitrogen and oxygen atoms in total. The lowest BCUT2D eigenvalue weighted by atomic mass is 10.1. The van der Waals surface area contributed by atoms with E-state index < -0.39 is 0 Å². The summed E-state index contributed by atoms with van der Waals surface area (Å²) in [5.41, 5.74) is 2.60. The van der Waals surface area contributed by atoms with Gasteiger partial charge in [0.05, 0.1) is 12.0 Å². The highest BCUT2D eigenvalue weighted by atomic mass is 35.5. The van der Waals surface area contributed by atoms with Crippen molar-refractivity contribution in [1.82, 2.24) is 19.9 Å². The SMILES string of the molecule is O=C(c1ccco1)N1CCN(c2cc(-c3ccc(Cl)cc3)nc(-c3cccnc3)n2)CC1. The minimum atomic E-state index is -0.0877. The minimum Gasteiger partial charge on any atom is -0.459 e. The first-order valence-electron chi connectivity index (χ1n) is 10.3. The van der Waals surface area contributed by atoms with Gasteiger partial charge in [-0.05, 0) is 36.4 Å². The number of hydrogen-bond donors (Lipinski definition) is 0. The topological polar surface area (TPSA) is 75.4 Å². The van der Waals surface area contributed by atoms with Crippen LogP contribution in [0.4, 0.5) is 5.82 Å². The summed E-state index contributed by atoms with van der Waals surface area (Å²) in [6, 6.07) is 16.8. The number of pyridine rings is 1. The summed E-state index contributed by atoms with van der Waals surface area (Å²) in [5, 5.41) is 0.674. The quantitative estimate of drug-likeness (QED) is 0.463. The predicted molar refractivity (Wildman–Crippen MR) is 123 cm³/mol. The van der Waals surface area contributed by atoms with Gasteiger partial charge in [-0.1, -0.05) is 23.7 Å². The van der Waals surface area contributed by atoms with Gasteiger partial charge < -0.3 is 14.2 Å². The van der Waals surface area contributed by atoms with Crippen LogP contribution in [0, 0.1) is 0 Å². The first-order valence-corrected chi connectivity index (χ1v) is 10.7. The number of amides is 1. The average molecular weight is 446 g/mol. The van der Waals surface area contributed by atoms with Gasteiger partial charge in [0.25, 0.3) is 5.91 Å². The van der Waals surface area contributed by atoms with Crippen LogP contribution < -0.4 is 4.90 Å². The summed E-state index contributed by atoms with van der Waals surface area (Å²) in [5.74, 6) is 1.70. The molecule has 5 rings (SSSR count). The standard InChI is InChI=1S/C24H20ClN5O2/c25-19-7-5-17(6-8-19)20-15-22(28-23(27-20)18-3-1-9-26-16-18)29-10-12-30(13-11-29)24(31)21-4-2-14-32-21/h1-9,14-16H,10-13H2. The van der Waals surface area contributed by atoms with Crippen LogP contribution in [-0.4, -0.2) is 51.9 Å². The Morgan fingerprint density at radius 3 is 2.44 bits per heavy atom. The van der Waals surface area contributed by atoms with Gasteiger partial charge in [-0.15, -0.1) is 0 Å². The molecule has 1 aliphatic heterocycles. The fourth-order valence-corrected chi connectivity index (χ4v) is 3.81. The van der Waals surface area contributed by atoms with Crippen LogP contribution in [0.3, 0.4) is 0 Å². The number of nitrogens with zero attached hydrogens (tertiary/aromatic N) is 5. The van der Waals surface area contributed by atoms with Crippen molar-refractivity contribution in [2.24, 2.45) is 0 Å². The molecule has 1 saturated heterocycles. The molecule has 0 spiro atoms. The maximum Gasteiger partial charge on any atom is 0.289 e. The van der Waals surface area contributed by atoms with Gasteiger partial charge in [0.2, 0.25) is 0 Å². The Bertz CT molecular complexity index is 1210. The molecule has 1 aliphatic rings. The van der Waals surface area contributed by atoms with Gasteiger partial charge in [0.15, 0.2) is 11.6 Å². The monoisotopic (exact) mass is 445 g/mol. The number of aromatic nitrogens is 3. The Morgan fingerprint density at radius 1 is 0.938 bits per heavy atom. The van der Waals surface area contributed by atoms with Crippen LogP contribution in [0.15, 0.2) is 77.7 Å². The molecule has 0 N–H and O–H groups in total. The first kappa shape index (κ1) is 20.2. The Hall–Kier alpha value is -3.71. The van der Waals surface area contributed by atoms with E-state index in [4.69, 9.17) is 26.0 Å². The predicted octanol–water partition coefficient (Wildman–Crippen LogP) is 4.41. The van der Waals surface area contributed by atoms with Crippen molar-refractivity contribution in [2.45, 2.75) is 0 Å². The van der Waals surface area contributed by atoms with E-state index in [2.05, 4.69) is 9.88 Å². The van der Waals surface area contributed by atoms with Gasteiger partial charge in [-0.3, -0.25) is 9.78 Å². The van der Waals surface area contributed by atoms with E-state index in [1.807, 2.05) is 42.5 Å². The van der Waals surface area contributed by atoms with E-state index in [0.29, 0.717) is 42.8 Å². The molecule has 4 heterocycles. The van der Waals surface area contributed by atoms with E-state index in [0.717, 1.165) is 22.6 Å². The molecule has 0 aliphatic carbocycles. The average Bonchev–Trinajstić information content (AvgIpc) is 3.39. The zero-order chi connectivity index (χ0) is 21.9. The fourth-order valence-electron chi connectivity index (χ4n) is 3.68. The number of piperazine rings is 1. The van der Waals surface area contributed by atoms with Gasteiger partial charge in [-0.25, -0.2) is 9.97 Å². The highest BCUT2D eigenvalue weighted by molar-refractivity contribution is 6.30. The van der Waals surface area contributed by atoms with Gasteiger partial charge >= 0.3 is 0 Å². The molecular formula is C24H20ClN5O2. The molecule has 0 unspecified atom stereocenters. The van der Waals surface area contributed by atoms with Gasteiger partial charge in [0.1, 0.15) is 5.82 Å². The number of halogens is 1. The molecule has 3 aromatic heterocycles. The van der Waals surface area contributed by atoms with E-state index in [-0.39, 0.29) is 5.91 Å². The normalized spacial score (nSPS) is 13.9. The van der Waals surface area contributed by atoms with E-state index in [1.165, 1.54) is 6.26 Å². The van der Waals surface area contributed by atoms with Crippen LogP contribution >= 0.6 is 11.6 Å². The zero-order valence-electron chi connectivity index (χ0n) is 17.2. The summed E-state index contributed by atoms with van der Waals surface area (Å²) in [4.78, 5) is 30.4. The number of carbonyl (C=O) groups excluding carboxylic acids is 1. The molecule has 1 aromatic carbocycles. The summed E-state index contributed by atoms with van der Waals surface area (Å²) >= 11 is 6.07. The first-order chi connectivity index (χ1) is 15.7. The van der Waals surface area contributed by atoms with Crippen LogP contribution in [0.25, 0.3) is 22.6 Å². The second kappa shape index (κ2) is 8.80. The zero-order valence-corrected chi connectivity index (χ0v) is 17.9. The molecule has 0 radical (unpaired) electrons. The minimum absolute atomic E-state index is 0.0877. The smallest absolute Gasteiger partial charge is 0.289 e. The molecule has 1 amide bonds. The summed E-state index contributed by atoms with van der Waals surface area (Å²) in [7, 11) is 0. The van der Waals surface area contributed by atoms with Crippen LogP contribution in [-0.2, 0) is 0 Å². The van der Waals surface area contributed by atoms with Crippen molar-refractivity contribution in [2.75, 3.05) is 31.1 Å². The molecule has 4 aromatic rings. The third-order valence-electron chi connectivity index (χ3n) is 5.40. The number of furan rings is 1. The second-order valence-electron chi connectivity index (χ2n) is 7.44. The van der Waals surface area contributed by atoms with E-state index in [9.17, 15) is 4.79 Å². The fraction of sp³-hybridized carbons (Fsp3) is 0.167. The third kappa shape index (κ3) is 4.20. The van der Waals surface area contributed by atoms with Crippen molar-refractivity contribution in [1.29, 1.82) is 0 Å². The molecule has 1 fully saturated rings. The van der Waals surface area contributed by atoms with Crippen molar-refractivity contribution in [3.05, 3.63) is 84.0 Å². The molecule has 0 saturated carbocycles. The lowest BCUT2D eigenvalue weighted by Crippen LogP contribution is -2.49. The second-order valence-corrected chi connectivity index (χ2v) is 7.88. The van der Waals surface area contributed by atoms with Gasteiger partial charge in [-0.2, -0.15) is 0 Å². The number of carbonyl (C=O) groups is 1. The van der Waals surface area contributed by atoms with Crippen molar-refractivity contribution in [3.8, 4) is 22.6 Å². The lowest BCUT2D eigenvalue weighted by Gasteiger charge is -2.35. The number of benzene rings is 1. The Morgan fingerprint density at radius 2 is 1.75 bits per heavy atom. The highest BCUT2D eigenvalue weighted by Crippen LogP contribution is 2.27. The molecular weight excluding hydrogens is 426 g/mol. The lowest BCUT2D eigenvalue weighted by molar-refractivity contribution is 0.0714. The Labute approximate surface area is 190 Å². The molecule has 8 heteroatoms. The largest absolute Gasteiger partial charge is 0.459 e. The molecule has 160 valence electrons. The number of anilines is 1. The maximum atomic E-state index is 12.6. The number of hydrogen-bond acceptors (Lipinski definition) is 6.